The Balaban J connectivity index is 1.40. The molecule has 0 atom stereocenters. The average Bonchev–Trinajstić information content (AvgIpc) is 2.96. The molecule has 0 unspecified atom stereocenters. The molecule has 1 aliphatic rings. The number of imidazole rings is 1. The van der Waals surface area contributed by atoms with Crippen molar-refractivity contribution >= 4 is 16.9 Å². The molecule has 0 radical (unpaired) electrons. The fraction of sp³-hybridized carbons (Fsp3) is 0.364. The van der Waals surface area contributed by atoms with Gasteiger partial charge in [0.25, 0.3) is 0 Å². The highest BCUT2D eigenvalue weighted by atomic mass is 16.5. The standard InChI is InChI=1S/C22H25N3O2/c1-22(2)11-10-16-12-15(8-9-19(16)27-22)13-21(26)23-14-20-24-17-6-4-5-7-18(17)25(20)3/h4-9,12H,10-11,13-14H2,1-3H3,(H,23,26). The number of carbonyl (C=O) groups is 1. The van der Waals surface area contributed by atoms with Crippen LogP contribution in [0.3, 0.4) is 0 Å². The van der Waals surface area contributed by atoms with Crippen molar-refractivity contribution in [2.24, 2.45) is 7.05 Å². The summed E-state index contributed by atoms with van der Waals surface area (Å²) in [5.41, 5.74) is 4.10. The van der Waals surface area contributed by atoms with Crippen molar-refractivity contribution in [2.45, 2.75) is 45.3 Å². The van der Waals surface area contributed by atoms with Gasteiger partial charge in [0.15, 0.2) is 0 Å². The number of hydrogen-bond acceptors (Lipinski definition) is 3. The molecule has 140 valence electrons. The number of hydrogen-bond donors (Lipinski definition) is 1. The highest BCUT2D eigenvalue weighted by molar-refractivity contribution is 5.79. The van der Waals surface area contributed by atoms with Crippen LogP contribution in [0.4, 0.5) is 0 Å². The number of para-hydroxylation sites is 2. The Hall–Kier alpha value is -2.82. The Kier molecular flexibility index (Phi) is 4.38. The van der Waals surface area contributed by atoms with Crippen molar-refractivity contribution in [3.05, 3.63) is 59.4 Å². The summed E-state index contributed by atoms with van der Waals surface area (Å²) in [6, 6.07) is 14.0. The molecular weight excluding hydrogens is 338 g/mol. The second-order valence-corrected chi connectivity index (χ2v) is 7.83. The van der Waals surface area contributed by atoms with Gasteiger partial charge in [-0.25, -0.2) is 4.98 Å². The first kappa shape index (κ1) is 17.6. The minimum Gasteiger partial charge on any atom is -0.488 e. The van der Waals surface area contributed by atoms with Gasteiger partial charge in [-0.15, -0.1) is 0 Å². The topological polar surface area (TPSA) is 56.2 Å². The number of rotatable bonds is 4. The van der Waals surface area contributed by atoms with Crippen LogP contribution in [0.15, 0.2) is 42.5 Å². The minimum atomic E-state index is -0.114. The molecule has 1 N–H and O–H groups in total. The van der Waals surface area contributed by atoms with E-state index in [0.29, 0.717) is 13.0 Å². The molecule has 0 spiro atoms. The van der Waals surface area contributed by atoms with E-state index in [0.717, 1.165) is 41.0 Å². The maximum Gasteiger partial charge on any atom is 0.224 e. The van der Waals surface area contributed by atoms with E-state index in [1.54, 1.807) is 0 Å². The van der Waals surface area contributed by atoms with Gasteiger partial charge in [-0.05, 0) is 56.0 Å². The van der Waals surface area contributed by atoms with Crippen LogP contribution in [0.1, 0.15) is 37.2 Å². The van der Waals surface area contributed by atoms with E-state index in [9.17, 15) is 4.79 Å². The molecule has 2 aromatic carbocycles. The van der Waals surface area contributed by atoms with Gasteiger partial charge in [-0.3, -0.25) is 4.79 Å². The maximum atomic E-state index is 12.4. The average molecular weight is 363 g/mol. The van der Waals surface area contributed by atoms with Crippen LogP contribution in [-0.2, 0) is 31.2 Å². The molecule has 0 fully saturated rings. The van der Waals surface area contributed by atoms with Gasteiger partial charge in [0.2, 0.25) is 5.91 Å². The van der Waals surface area contributed by atoms with E-state index in [-0.39, 0.29) is 11.5 Å². The number of aryl methyl sites for hydroxylation is 2. The molecule has 1 amide bonds. The molecule has 1 aromatic heterocycles. The molecule has 5 nitrogen and oxygen atoms in total. The molecule has 2 heterocycles. The number of fused-ring (bicyclic) bond motifs is 2. The zero-order valence-electron chi connectivity index (χ0n) is 16.1. The summed E-state index contributed by atoms with van der Waals surface area (Å²) in [6.45, 7) is 4.64. The normalized spacial score (nSPS) is 15.2. The molecule has 1 aliphatic heterocycles. The lowest BCUT2D eigenvalue weighted by atomic mass is 9.93. The van der Waals surface area contributed by atoms with E-state index in [2.05, 4.69) is 30.2 Å². The largest absolute Gasteiger partial charge is 0.488 e. The van der Waals surface area contributed by atoms with Gasteiger partial charge >= 0.3 is 0 Å². The third-order valence-electron chi connectivity index (χ3n) is 5.20. The highest BCUT2D eigenvalue weighted by Gasteiger charge is 2.26. The predicted octanol–water partition coefficient (Wildman–Crippen LogP) is 3.54. The lowest BCUT2D eigenvalue weighted by Crippen LogP contribution is -2.32. The lowest BCUT2D eigenvalue weighted by molar-refractivity contribution is -0.120. The second kappa shape index (κ2) is 6.72. The van der Waals surface area contributed by atoms with Gasteiger partial charge < -0.3 is 14.6 Å². The fourth-order valence-electron chi connectivity index (χ4n) is 3.60. The number of nitrogens with one attached hydrogen (secondary N) is 1. The number of nitrogens with zero attached hydrogens (tertiary/aromatic N) is 2. The van der Waals surface area contributed by atoms with E-state index in [4.69, 9.17) is 4.74 Å². The van der Waals surface area contributed by atoms with Crippen molar-refractivity contribution in [3.8, 4) is 5.75 Å². The SMILES string of the molecule is Cn1c(CNC(=O)Cc2ccc3c(c2)CCC(C)(C)O3)nc2ccccc21. The van der Waals surface area contributed by atoms with E-state index in [1.165, 1.54) is 5.56 Å². The molecule has 0 aliphatic carbocycles. The van der Waals surface area contributed by atoms with Crippen molar-refractivity contribution < 1.29 is 9.53 Å². The van der Waals surface area contributed by atoms with Crippen LogP contribution < -0.4 is 10.1 Å². The van der Waals surface area contributed by atoms with Crippen LogP contribution in [0.5, 0.6) is 5.75 Å². The Morgan fingerprint density at radius 1 is 1.26 bits per heavy atom. The highest BCUT2D eigenvalue weighted by Crippen LogP contribution is 2.33. The van der Waals surface area contributed by atoms with Gasteiger partial charge in [0.1, 0.15) is 17.2 Å². The predicted molar refractivity (Wildman–Crippen MR) is 106 cm³/mol. The first-order valence-electron chi connectivity index (χ1n) is 9.39. The number of carbonyl (C=O) groups excluding carboxylic acids is 1. The van der Waals surface area contributed by atoms with Crippen LogP contribution in [-0.4, -0.2) is 21.1 Å². The maximum absolute atomic E-state index is 12.4. The molecule has 0 bridgehead atoms. The summed E-state index contributed by atoms with van der Waals surface area (Å²) < 4.78 is 8.04. The molecule has 27 heavy (non-hydrogen) atoms. The third-order valence-corrected chi connectivity index (χ3v) is 5.20. The summed E-state index contributed by atoms with van der Waals surface area (Å²) in [5, 5.41) is 2.99. The van der Waals surface area contributed by atoms with Gasteiger partial charge in [0.05, 0.1) is 24.0 Å². The monoisotopic (exact) mass is 363 g/mol. The number of amides is 1. The Morgan fingerprint density at radius 2 is 2.07 bits per heavy atom. The summed E-state index contributed by atoms with van der Waals surface area (Å²) in [7, 11) is 1.97. The van der Waals surface area contributed by atoms with Crippen LogP contribution in [0, 0.1) is 0 Å². The molecule has 4 rings (SSSR count). The van der Waals surface area contributed by atoms with Crippen LogP contribution >= 0.6 is 0 Å². The van der Waals surface area contributed by atoms with Crippen LogP contribution in [0.2, 0.25) is 0 Å². The van der Waals surface area contributed by atoms with Crippen LogP contribution in [0.25, 0.3) is 11.0 Å². The summed E-state index contributed by atoms with van der Waals surface area (Å²) >= 11 is 0. The number of aromatic nitrogens is 2. The Bertz CT molecular complexity index is 1000. The Labute approximate surface area is 159 Å². The smallest absolute Gasteiger partial charge is 0.224 e. The third kappa shape index (κ3) is 3.68. The van der Waals surface area contributed by atoms with E-state index in [1.807, 2.05) is 48.0 Å². The second-order valence-electron chi connectivity index (χ2n) is 7.83. The lowest BCUT2D eigenvalue weighted by Gasteiger charge is -2.32. The fourth-order valence-corrected chi connectivity index (χ4v) is 3.60. The van der Waals surface area contributed by atoms with E-state index < -0.39 is 0 Å². The van der Waals surface area contributed by atoms with Gasteiger partial charge in [-0.1, -0.05) is 24.3 Å². The van der Waals surface area contributed by atoms with Gasteiger partial charge in [-0.2, -0.15) is 0 Å². The molecule has 5 heteroatoms. The zero-order valence-corrected chi connectivity index (χ0v) is 16.1. The molecule has 0 saturated heterocycles. The quantitative estimate of drug-likeness (QED) is 0.771. The van der Waals surface area contributed by atoms with Crippen molar-refractivity contribution in [3.63, 3.8) is 0 Å². The number of ether oxygens (including phenoxy) is 1. The first-order valence-corrected chi connectivity index (χ1v) is 9.39. The van der Waals surface area contributed by atoms with Crippen molar-refractivity contribution in [1.82, 2.24) is 14.9 Å². The molecule has 0 saturated carbocycles. The summed E-state index contributed by atoms with van der Waals surface area (Å²) in [4.78, 5) is 17.0. The molecular formula is C22H25N3O2. The summed E-state index contributed by atoms with van der Waals surface area (Å²) in [6.07, 6.45) is 2.33. The van der Waals surface area contributed by atoms with Crippen molar-refractivity contribution in [2.75, 3.05) is 0 Å². The molecule has 3 aromatic rings. The Morgan fingerprint density at radius 3 is 2.89 bits per heavy atom. The van der Waals surface area contributed by atoms with Crippen molar-refractivity contribution in [1.29, 1.82) is 0 Å². The van der Waals surface area contributed by atoms with E-state index >= 15 is 0 Å². The zero-order chi connectivity index (χ0) is 19.0. The minimum absolute atomic E-state index is 0.000867. The number of benzene rings is 2. The first-order chi connectivity index (χ1) is 12.9. The van der Waals surface area contributed by atoms with Gasteiger partial charge in [0, 0.05) is 7.05 Å². The summed E-state index contributed by atoms with van der Waals surface area (Å²) in [5.74, 6) is 1.79.